The van der Waals surface area contributed by atoms with E-state index in [0.717, 1.165) is 21.1 Å². The lowest BCUT2D eigenvalue weighted by Gasteiger charge is -2.20. The fourth-order valence-corrected chi connectivity index (χ4v) is 3.28. The maximum absolute atomic E-state index is 14.0. The first-order chi connectivity index (χ1) is 10.0. The fourth-order valence-electron chi connectivity index (χ4n) is 2.24. The average molecular weight is 436 g/mol. The van der Waals surface area contributed by atoms with Gasteiger partial charge in [0.25, 0.3) is 0 Å². The molecule has 2 aromatic carbocycles. The molecule has 0 bridgehead atoms. The van der Waals surface area contributed by atoms with Gasteiger partial charge < -0.3 is 5.32 Å². The molecule has 0 heterocycles. The minimum absolute atomic E-state index is 0.0381. The van der Waals surface area contributed by atoms with Crippen molar-refractivity contribution in [3.8, 4) is 0 Å². The smallest absolute Gasteiger partial charge is 0.126 e. The molecule has 0 aliphatic rings. The standard InChI is InChI=1S/C16H15Br2ClFN/c1-2-21-16(13-9-12(18)3-5-14(13)19)8-10-7-11(17)4-6-15(10)20/h3-7,9,16,21H,2,8H2,1H3. The van der Waals surface area contributed by atoms with Crippen LogP contribution in [0.15, 0.2) is 45.3 Å². The van der Waals surface area contributed by atoms with Crippen LogP contribution in [0.4, 0.5) is 4.39 Å². The summed E-state index contributed by atoms with van der Waals surface area (Å²) in [6.07, 6.45) is 0.537. The highest BCUT2D eigenvalue weighted by atomic mass is 79.9. The van der Waals surface area contributed by atoms with Gasteiger partial charge in [0.15, 0.2) is 0 Å². The fraction of sp³-hybridized carbons (Fsp3) is 0.250. The molecular formula is C16H15Br2ClFN. The van der Waals surface area contributed by atoms with E-state index < -0.39 is 0 Å². The number of likely N-dealkylation sites (N-methyl/N-ethyl adjacent to an activating group) is 1. The van der Waals surface area contributed by atoms with Crippen LogP contribution in [0.3, 0.4) is 0 Å². The number of rotatable bonds is 5. The predicted octanol–water partition coefficient (Wildman–Crippen LogP) is 5.90. The van der Waals surface area contributed by atoms with E-state index in [2.05, 4.69) is 37.2 Å². The van der Waals surface area contributed by atoms with Gasteiger partial charge in [0.2, 0.25) is 0 Å². The molecule has 21 heavy (non-hydrogen) atoms. The topological polar surface area (TPSA) is 12.0 Å². The minimum atomic E-state index is -0.202. The first kappa shape index (κ1) is 16.9. The molecule has 0 spiro atoms. The van der Waals surface area contributed by atoms with Crippen molar-refractivity contribution in [2.45, 2.75) is 19.4 Å². The number of benzene rings is 2. The molecule has 0 aliphatic carbocycles. The van der Waals surface area contributed by atoms with Crippen LogP contribution in [0.2, 0.25) is 5.02 Å². The second-order valence-corrected chi connectivity index (χ2v) is 6.95. The Kier molecular flexibility index (Phi) is 6.23. The van der Waals surface area contributed by atoms with Gasteiger partial charge in [-0.15, -0.1) is 0 Å². The highest BCUT2D eigenvalue weighted by Crippen LogP contribution is 2.30. The first-order valence-electron chi connectivity index (χ1n) is 6.63. The predicted molar refractivity (Wildman–Crippen MR) is 93.4 cm³/mol. The second-order valence-electron chi connectivity index (χ2n) is 4.72. The highest BCUT2D eigenvalue weighted by molar-refractivity contribution is 9.10. The minimum Gasteiger partial charge on any atom is -0.310 e. The van der Waals surface area contributed by atoms with Crippen LogP contribution >= 0.6 is 43.5 Å². The largest absolute Gasteiger partial charge is 0.310 e. The third kappa shape index (κ3) is 4.52. The van der Waals surface area contributed by atoms with Crippen LogP contribution in [0.1, 0.15) is 24.1 Å². The lowest BCUT2D eigenvalue weighted by molar-refractivity contribution is 0.527. The molecule has 0 aliphatic heterocycles. The molecule has 0 amide bonds. The molecule has 0 radical (unpaired) electrons. The lowest BCUT2D eigenvalue weighted by atomic mass is 9.98. The third-order valence-corrected chi connectivity index (χ3v) is 4.55. The Morgan fingerprint density at radius 2 is 1.81 bits per heavy atom. The number of hydrogen-bond donors (Lipinski definition) is 1. The molecule has 5 heteroatoms. The van der Waals surface area contributed by atoms with Gasteiger partial charge in [-0.25, -0.2) is 4.39 Å². The van der Waals surface area contributed by atoms with Crippen LogP contribution < -0.4 is 5.32 Å². The van der Waals surface area contributed by atoms with Crippen molar-refractivity contribution in [2.75, 3.05) is 6.54 Å². The van der Waals surface area contributed by atoms with Crippen molar-refractivity contribution in [1.82, 2.24) is 5.32 Å². The normalized spacial score (nSPS) is 12.4. The van der Waals surface area contributed by atoms with Gasteiger partial charge in [-0.05, 0) is 60.5 Å². The Balaban J connectivity index is 2.35. The summed E-state index contributed by atoms with van der Waals surface area (Å²) in [5.74, 6) is -0.202. The SMILES string of the molecule is CCNC(Cc1cc(Br)ccc1F)c1cc(Br)ccc1Cl. The van der Waals surface area contributed by atoms with E-state index in [1.165, 1.54) is 6.07 Å². The second kappa shape index (κ2) is 7.73. The van der Waals surface area contributed by atoms with Gasteiger partial charge in [0.05, 0.1) is 0 Å². The van der Waals surface area contributed by atoms with Gasteiger partial charge in [-0.1, -0.05) is 50.4 Å². The first-order valence-corrected chi connectivity index (χ1v) is 8.60. The highest BCUT2D eigenvalue weighted by Gasteiger charge is 2.17. The van der Waals surface area contributed by atoms with Crippen molar-refractivity contribution in [3.63, 3.8) is 0 Å². The zero-order valence-electron chi connectivity index (χ0n) is 11.5. The van der Waals surface area contributed by atoms with Crippen LogP contribution in [-0.4, -0.2) is 6.54 Å². The van der Waals surface area contributed by atoms with E-state index in [-0.39, 0.29) is 11.9 Å². The van der Waals surface area contributed by atoms with Gasteiger partial charge in [0.1, 0.15) is 5.82 Å². The molecule has 1 atom stereocenters. The Hall–Kier alpha value is -0.420. The Bertz CT molecular complexity index is 634. The molecule has 0 saturated carbocycles. The van der Waals surface area contributed by atoms with Gasteiger partial charge in [-0.2, -0.15) is 0 Å². The van der Waals surface area contributed by atoms with Crippen LogP contribution in [-0.2, 0) is 6.42 Å². The molecule has 1 N–H and O–H groups in total. The molecule has 1 unspecified atom stereocenters. The van der Waals surface area contributed by atoms with E-state index in [4.69, 9.17) is 11.6 Å². The van der Waals surface area contributed by atoms with Crippen molar-refractivity contribution in [2.24, 2.45) is 0 Å². The van der Waals surface area contributed by atoms with E-state index in [1.807, 2.05) is 31.2 Å². The lowest BCUT2D eigenvalue weighted by Crippen LogP contribution is -2.23. The van der Waals surface area contributed by atoms with Crippen LogP contribution in [0.25, 0.3) is 0 Å². The summed E-state index contributed by atoms with van der Waals surface area (Å²) in [4.78, 5) is 0. The van der Waals surface area contributed by atoms with E-state index >= 15 is 0 Å². The molecule has 112 valence electrons. The van der Waals surface area contributed by atoms with Crippen LogP contribution in [0, 0.1) is 5.82 Å². The summed E-state index contributed by atoms with van der Waals surface area (Å²) >= 11 is 13.1. The summed E-state index contributed by atoms with van der Waals surface area (Å²) in [5, 5.41) is 4.06. The monoisotopic (exact) mass is 433 g/mol. The molecule has 2 aromatic rings. The van der Waals surface area contributed by atoms with Crippen molar-refractivity contribution < 1.29 is 4.39 Å². The zero-order chi connectivity index (χ0) is 15.4. The number of hydrogen-bond acceptors (Lipinski definition) is 1. The molecule has 0 saturated heterocycles. The molecule has 2 rings (SSSR count). The zero-order valence-corrected chi connectivity index (χ0v) is 15.4. The summed E-state index contributed by atoms with van der Waals surface area (Å²) < 4.78 is 15.8. The van der Waals surface area contributed by atoms with Gasteiger partial charge in [-0.3, -0.25) is 0 Å². The number of nitrogens with one attached hydrogen (secondary N) is 1. The molecule has 1 nitrogen and oxygen atoms in total. The molecular weight excluding hydrogens is 420 g/mol. The molecule has 0 fully saturated rings. The quantitative estimate of drug-likeness (QED) is 0.617. The van der Waals surface area contributed by atoms with Crippen molar-refractivity contribution >= 4 is 43.5 Å². The Morgan fingerprint density at radius 3 is 2.52 bits per heavy atom. The summed E-state index contributed by atoms with van der Waals surface area (Å²) in [5.41, 5.74) is 1.62. The summed E-state index contributed by atoms with van der Waals surface area (Å²) in [7, 11) is 0. The van der Waals surface area contributed by atoms with E-state index in [9.17, 15) is 4.39 Å². The third-order valence-electron chi connectivity index (χ3n) is 3.22. The maximum Gasteiger partial charge on any atom is 0.126 e. The maximum atomic E-state index is 14.0. The summed E-state index contributed by atoms with van der Waals surface area (Å²) in [6, 6.07) is 10.7. The van der Waals surface area contributed by atoms with Gasteiger partial charge in [0, 0.05) is 20.0 Å². The van der Waals surface area contributed by atoms with E-state index in [1.54, 1.807) is 6.07 Å². The molecule has 0 aromatic heterocycles. The average Bonchev–Trinajstić information content (AvgIpc) is 2.45. The number of halogens is 4. The van der Waals surface area contributed by atoms with Gasteiger partial charge >= 0.3 is 0 Å². The van der Waals surface area contributed by atoms with E-state index in [0.29, 0.717) is 17.0 Å². The Morgan fingerprint density at radius 1 is 1.14 bits per heavy atom. The Labute approximate surface area is 146 Å². The van der Waals surface area contributed by atoms with Crippen LogP contribution in [0.5, 0.6) is 0 Å². The van der Waals surface area contributed by atoms with Crippen molar-refractivity contribution in [1.29, 1.82) is 0 Å². The summed E-state index contributed by atoms with van der Waals surface area (Å²) in [6.45, 7) is 2.80. The van der Waals surface area contributed by atoms with Crippen molar-refractivity contribution in [3.05, 3.63) is 67.3 Å².